The van der Waals surface area contributed by atoms with Gasteiger partial charge in [-0.25, -0.2) is 13.2 Å². The van der Waals surface area contributed by atoms with Crippen molar-refractivity contribution in [2.24, 2.45) is 0 Å². The van der Waals surface area contributed by atoms with Gasteiger partial charge in [0, 0.05) is 45.2 Å². The summed E-state index contributed by atoms with van der Waals surface area (Å²) in [7, 11) is -3.51. The maximum atomic E-state index is 13.1. The van der Waals surface area contributed by atoms with Gasteiger partial charge in [0.25, 0.3) is 10.0 Å². The number of amides is 1. The van der Waals surface area contributed by atoms with Crippen LogP contribution in [0.5, 0.6) is 0 Å². The van der Waals surface area contributed by atoms with Crippen LogP contribution in [0.15, 0.2) is 21.7 Å². The molecule has 1 saturated carbocycles. The van der Waals surface area contributed by atoms with Crippen molar-refractivity contribution in [3.63, 3.8) is 0 Å². The van der Waals surface area contributed by atoms with Crippen LogP contribution in [0.2, 0.25) is 0 Å². The Morgan fingerprint density at radius 3 is 2.28 bits per heavy atom. The van der Waals surface area contributed by atoms with Crippen LogP contribution < -0.4 is 5.32 Å². The van der Waals surface area contributed by atoms with Crippen molar-refractivity contribution in [3.8, 4) is 0 Å². The predicted molar refractivity (Wildman–Crippen MR) is 113 cm³/mol. The van der Waals surface area contributed by atoms with Crippen LogP contribution in [0.25, 0.3) is 0 Å². The third-order valence-corrected chi connectivity index (χ3v) is 8.62. The van der Waals surface area contributed by atoms with E-state index in [2.05, 4.69) is 5.32 Å². The van der Waals surface area contributed by atoms with Crippen LogP contribution in [0, 0.1) is 0 Å². The molecule has 0 aromatic carbocycles. The summed E-state index contributed by atoms with van der Waals surface area (Å²) in [6, 6.07) is 3.45. The van der Waals surface area contributed by atoms with Crippen LogP contribution in [-0.2, 0) is 19.6 Å². The molecule has 3 rings (SSSR count). The first-order valence-corrected chi connectivity index (χ1v) is 12.7. The number of sulfonamides is 1. The number of hydrogen-bond acceptors (Lipinski definition) is 6. The summed E-state index contributed by atoms with van der Waals surface area (Å²) < 4.78 is 59.9. The van der Waals surface area contributed by atoms with E-state index < -0.39 is 22.2 Å². The summed E-state index contributed by atoms with van der Waals surface area (Å²) in [6.45, 7) is 3.32. The van der Waals surface area contributed by atoms with Gasteiger partial charge in [-0.3, -0.25) is 4.79 Å². The van der Waals surface area contributed by atoms with Crippen LogP contribution >= 0.6 is 11.3 Å². The molecular formula is C19H28F3N3O5S2. The van der Waals surface area contributed by atoms with Gasteiger partial charge in [0.2, 0.25) is 5.91 Å². The summed E-state index contributed by atoms with van der Waals surface area (Å²) in [5.41, 5.74) is 0. The molecule has 1 aliphatic heterocycles. The lowest BCUT2D eigenvalue weighted by atomic mass is 9.95. The third-order valence-electron chi connectivity index (χ3n) is 5.30. The van der Waals surface area contributed by atoms with Gasteiger partial charge in [0.05, 0.1) is 0 Å². The lowest BCUT2D eigenvalue weighted by Gasteiger charge is -2.34. The maximum absolute atomic E-state index is 13.1. The number of carboxylic acids is 1. The summed E-state index contributed by atoms with van der Waals surface area (Å²) in [5, 5.41) is 12.1. The molecule has 0 spiro atoms. The molecule has 1 aromatic rings. The fourth-order valence-electron chi connectivity index (χ4n) is 3.67. The van der Waals surface area contributed by atoms with E-state index in [1.54, 1.807) is 21.8 Å². The molecule has 1 aliphatic carbocycles. The van der Waals surface area contributed by atoms with Gasteiger partial charge >= 0.3 is 12.1 Å². The van der Waals surface area contributed by atoms with E-state index in [1.165, 1.54) is 17.8 Å². The molecule has 2 aliphatic rings. The number of thiophene rings is 1. The lowest BCUT2D eigenvalue weighted by Crippen LogP contribution is -2.48. The number of aliphatic carboxylic acids is 1. The van der Waals surface area contributed by atoms with E-state index in [1.807, 2.05) is 4.90 Å². The number of piperazine rings is 1. The molecule has 8 nitrogen and oxygen atoms in total. The van der Waals surface area contributed by atoms with Crippen LogP contribution in [0.3, 0.4) is 0 Å². The first kappa shape index (κ1) is 26.6. The highest BCUT2D eigenvalue weighted by molar-refractivity contribution is 7.91. The number of rotatable bonds is 6. The molecule has 1 amide bonds. The van der Waals surface area contributed by atoms with Gasteiger partial charge in [0.15, 0.2) is 0 Å². The Morgan fingerprint density at radius 1 is 1.19 bits per heavy atom. The molecule has 0 atom stereocenters. The number of carbonyl (C=O) groups excluding carboxylic acids is 1. The highest BCUT2D eigenvalue weighted by Gasteiger charge is 2.38. The Morgan fingerprint density at radius 2 is 1.78 bits per heavy atom. The Kier molecular flexibility index (Phi) is 9.92. The number of nitrogens with zero attached hydrogens (tertiary/aromatic N) is 2. The second kappa shape index (κ2) is 12.0. The van der Waals surface area contributed by atoms with Gasteiger partial charge in [-0.2, -0.15) is 17.5 Å². The molecule has 1 aromatic heterocycles. The maximum Gasteiger partial charge on any atom is 0.490 e. The number of carbonyl (C=O) groups is 2. The predicted octanol–water partition coefficient (Wildman–Crippen LogP) is 2.53. The number of carboxylic acid groups (broad SMARTS) is 1. The van der Waals surface area contributed by atoms with Crippen molar-refractivity contribution >= 4 is 33.2 Å². The highest BCUT2D eigenvalue weighted by Crippen LogP contribution is 2.29. The molecule has 0 bridgehead atoms. The lowest BCUT2D eigenvalue weighted by molar-refractivity contribution is -0.192. The first-order chi connectivity index (χ1) is 15.0. The van der Waals surface area contributed by atoms with Crippen molar-refractivity contribution in [2.75, 3.05) is 32.7 Å². The van der Waals surface area contributed by atoms with Gasteiger partial charge in [-0.15, -0.1) is 11.3 Å². The summed E-state index contributed by atoms with van der Waals surface area (Å²) >= 11 is 1.25. The Hall–Kier alpha value is -1.70. The van der Waals surface area contributed by atoms with E-state index in [0.717, 1.165) is 38.8 Å². The Balaban J connectivity index is 0.000000451. The summed E-state index contributed by atoms with van der Waals surface area (Å²) in [6.07, 6.45) is 0.267. The fourth-order valence-corrected chi connectivity index (χ4v) is 6.48. The number of hydrogen-bond donors (Lipinski definition) is 2. The highest BCUT2D eigenvalue weighted by atomic mass is 32.2. The molecule has 1 saturated heterocycles. The van der Waals surface area contributed by atoms with Gasteiger partial charge in [-0.05, 0) is 24.3 Å². The number of nitrogens with one attached hydrogen (secondary N) is 1. The molecular weight excluding hydrogens is 471 g/mol. The SMILES string of the molecule is O=C(CCN(C1CCCCC1)S(=O)(=O)c1cccs1)N1CCNCC1.O=C(O)C(F)(F)F. The standard InChI is InChI=1S/C17H27N3O3S2.C2HF3O2/c21-16(19-12-9-18-10-13-19)8-11-20(15-5-2-1-3-6-15)25(22,23)17-7-4-14-24-17;3-2(4,5)1(6)7/h4,7,14-15,18H,1-3,5-6,8-13H2;(H,6,7). The average molecular weight is 500 g/mol. The quantitative estimate of drug-likeness (QED) is 0.623. The molecule has 2 fully saturated rings. The molecule has 32 heavy (non-hydrogen) atoms. The van der Waals surface area contributed by atoms with Gasteiger partial charge in [-0.1, -0.05) is 25.3 Å². The Bertz CT molecular complexity index is 835. The average Bonchev–Trinajstić information content (AvgIpc) is 3.31. The zero-order valence-electron chi connectivity index (χ0n) is 17.5. The molecule has 2 heterocycles. The molecule has 0 unspecified atom stereocenters. The minimum atomic E-state index is -5.08. The molecule has 182 valence electrons. The van der Waals surface area contributed by atoms with Crippen LogP contribution in [-0.4, -0.2) is 79.5 Å². The second-order valence-electron chi connectivity index (χ2n) is 7.52. The van der Waals surface area contributed by atoms with Crippen molar-refractivity contribution < 1.29 is 36.3 Å². The van der Waals surface area contributed by atoms with E-state index in [4.69, 9.17) is 9.90 Å². The van der Waals surface area contributed by atoms with Crippen molar-refractivity contribution in [1.82, 2.24) is 14.5 Å². The summed E-state index contributed by atoms with van der Waals surface area (Å²) in [5.74, 6) is -2.70. The number of halogens is 3. The fraction of sp³-hybridized carbons (Fsp3) is 0.684. The molecule has 13 heteroatoms. The molecule has 2 N–H and O–H groups in total. The Labute approximate surface area is 189 Å². The van der Waals surface area contributed by atoms with E-state index in [-0.39, 0.29) is 24.9 Å². The van der Waals surface area contributed by atoms with Crippen LogP contribution in [0.1, 0.15) is 38.5 Å². The zero-order valence-corrected chi connectivity index (χ0v) is 19.1. The van der Waals surface area contributed by atoms with E-state index in [0.29, 0.717) is 17.3 Å². The summed E-state index contributed by atoms with van der Waals surface area (Å²) in [4.78, 5) is 23.2. The van der Waals surface area contributed by atoms with Gasteiger partial charge in [0.1, 0.15) is 4.21 Å². The van der Waals surface area contributed by atoms with Crippen molar-refractivity contribution in [2.45, 2.75) is 55.0 Å². The van der Waals surface area contributed by atoms with E-state index in [9.17, 15) is 26.4 Å². The third kappa shape index (κ3) is 7.71. The van der Waals surface area contributed by atoms with Crippen molar-refractivity contribution in [3.05, 3.63) is 17.5 Å². The van der Waals surface area contributed by atoms with Gasteiger partial charge < -0.3 is 15.3 Å². The smallest absolute Gasteiger partial charge is 0.475 e. The normalized spacial score (nSPS) is 18.2. The van der Waals surface area contributed by atoms with E-state index >= 15 is 0 Å². The van der Waals surface area contributed by atoms with Crippen LogP contribution in [0.4, 0.5) is 13.2 Å². The first-order valence-electron chi connectivity index (χ1n) is 10.4. The zero-order chi connectivity index (χ0) is 23.8. The molecule has 0 radical (unpaired) electrons. The largest absolute Gasteiger partial charge is 0.490 e. The van der Waals surface area contributed by atoms with Crippen molar-refractivity contribution in [1.29, 1.82) is 0 Å². The second-order valence-corrected chi connectivity index (χ2v) is 10.6. The monoisotopic (exact) mass is 499 g/mol. The minimum Gasteiger partial charge on any atom is -0.475 e. The number of alkyl halides is 3. The topological polar surface area (TPSA) is 107 Å². The minimum absolute atomic E-state index is 0.0247.